The van der Waals surface area contributed by atoms with Crippen LogP contribution in [0.25, 0.3) is 0 Å². The van der Waals surface area contributed by atoms with Gasteiger partial charge in [0.25, 0.3) is 0 Å². The van der Waals surface area contributed by atoms with Crippen LogP contribution in [-0.4, -0.2) is 19.3 Å². The van der Waals surface area contributed by atoms with Gasteiger partial charge in [0.05, 0.1) is 0 Å². The third-order valence-corrected chi connectivity index (χ3v) is 0.815. The predicted molar refractivity (Wildman–Crippen MR) is 25.7 cm³/mol. The number of rotatable bonds is 3. The maximum absolute atomic E-state index is 5.00. The van der Waals surface area contributed by atoms with Gasteiger partial charge in [0.1, 0.15) is 0 Å². The third-order valence-electron chi connectivity index (χ3n) is 0.815. The first-order valence-corrected chi connectivity index (χ1v) is 2.50. The molecular formula is C5H9O2W-. The van der Waals surface area contributed by atoms with E-state index in [1.54, 1.807) is 6.61 Å². The molecule has 8 heavy (non-hydrogen) atoms. The van der Waals surface area contributed by atoms with Crippen molar-refractivity contribution in [2.45, 2.75) is 13.0 Å². The van der Waals surface area contributed by atoms with Crippen molar-refractivity contribution in [1.82, 2.24) is 0 Å². The number of hydrogen-bond donors (Lipinski definition) is 0. The molecule has 1 fully saturated rings. The van der Waals surface area contributed by atoms with Gasteiger partial charge in [0.2, 0.25) is 0 Å². The molecule has 2 nitrogen and oxygen atoms in total. The van der Waals surface area contributed by atoms with Gasteiger partial charge in [-0.1, -0.05) is 6.10 Å². The van der Waals surface area contributed by atoms with Crippen molar-refractivity contribution >= 4 is 0 Å². The van der Waals surface area contributed by atoms with Crippen LogP contribution in [0.4, 0.5) is 0 Å². The molecule has 1 saturated heterocycles. The van der Waals surface area contributed by atoms with Gasteiger partial charge in [0.15, 0.2) is 0 Å². The SMILES string of the molecule is CCOCC1[CH-]O1.[W]. The Morgan fingerprint density at radius 1 is 1.75 bits per heavy atom. The minimum Gasteiger partial charge on any atom is -0.568 e. The van der Waals surface area contributed by atoms with E-state index in [-0.39, 0.29) is 21.1 Å². The van der Waals surface area contributed by atoms with E-state index in [2.05, 4.69) is 0 Å². The summed E-state index contributed by atoms with van der Waals surface area (Å²) in [6.07, 6.45) is 0.306. The Hall–Kier alpha value is 0.608. The van der Waals surface area contributed by atoms with Crippen LogP contribution in [-0.2, 0) is 30.5 Å². The second kappa shape index (κ2) is 4.48. The van der Waals surface area contributed by atoms with Crippen LogP contribution in [0.5, 0.6) is 0 Å². The van der Waals surface area contributed by atoms with Gasteiger partial charge in [-0.2, -0.15) is 6.61 Å². The van der Waals surface area contributed by atoms with Gasteiger partial charge in [-0.3, -0.25) is 0 Å². The fraction of sp³-hybridized carbons (Fsp3) is 0.800. The van der Waals surface area contributed by atoms with E-state index in [1.807, 2.05) is 6.92 Å². The van der Waals surface area contributed by atoms with Crippen molar-refractivity contribution in [1.29, 1.82) is 0 Å². The molecule has 0 spiro atoms. The van der Waals surface area contributed by atoms with Crippen molar-refractivity contribution < 1.29 is 30.5 Å². The van der Waals surface area contributed by atoms with E-state index < -0.39 is 0 Å². The molecule has 0 aromatic carbocycles. The fourth-order valence-corrected chi connectivity index (χ4v) is 0.368. The van der Waals surface area contributed by atoms with Crippen LogP contribution >= 0.6 is 0 Å². The van der Waals surface area contributed by atoms with Gasteiger partial charge in [-0.25, -0.2) is 0 Å². The predicted octanol–water partition coefficient (Wildman–Crippen LogP) is 0.581. The normalized spacial score (nSPS) is 24.4. The maximum Gasteiger partial charge on any atom is 0.0437 e. The smallest absolute Gasteiger partial charge is 0.0437 e. The summed E-state index contributed by atoms with van der Waals surface area (Å²) in [7, 11) is 0. The monoisotopic (exact) mass is 285 g/mol. The zero-order valence-corrected chi connectivity index (χ0v) is 7.73. The minimum atomic E-state index is 0. The first-order valence-electron chi connectivity index (χ1n) is 2.50. The zero-order chi connectivity index (χ0) is 5.11. The molecule has 0 radical (unpaired) electrons. The van der Waals surface area contributed by atoms with Gasteiger partial charge in [-0.05, 0) is 6.92 Å². The number of hydrogen-bond acceptors (Lipinski definition) is 2. The molecule has 1 aliphatic rings. The molecule has 0 aliphatic carbocycles. The molecule has 1 unspecified atom stereocenters. The maximum atomic E-state index is 5.00. The molecule has 3 heteroatoms. The molecule has 0 aromatic heterocycles. The molecule has 0 N–H and O–H groups in total. The second-order valence-corrected chi connectivity index (χ2v) is 1.47. The van der Waals surface area contributed by atoms with Crippen molar-refractivity contribution in [3.63, 3.8) is 0 Å². The average molecular weight is 285 g/mol. The molecule has 1 atom stereocenters. The molecule has 1 aliphatic heterocycles. The number of epoxide rings is 1. The zero-order valence-electron chi connectivity index (χ0n) is 4.79. The first kappa shape index (κ1) is 8.61. The van der Waals surface area contributed by atoms with Gasteiger partial charge in [0, 0.05) is 34.3 Å². The summed E-state index contributed by atoms with van der Waals surface area (Å²) in [5.74, 6) is 0. The molecule has 0 amide bonds. The summed E-state index contributed by atoms with van der Waals surface area (Å²) in [6, 6.07) is 0. The van der Waals surface area contributed by atoms with E-state index >= 15 is 0 Å². The fourth-order valence-electron chi connectivity index (χ4n) is 0.368. The Bertz CT molecular complexity index is 54.4. The van der Waals surface area contributed by atoms with Gasteiger partial charge >= 0.3 is 0 Å². The largest absolute Gasteiger partial charge is 0.568 e. The van der Waals surface area contributed by atoms with Crippen molar-refractivity contribution in [3.05, 3.63) is 6.61 Å². The molecule has 48 valence electrons. The number of ether oxygens (including phenoxy) is 2. The summed E-state index contributed by atoms with van der Waals surface area (Å²) < 4.78 is 9.76. The van der Waals surface area contributed by atoms with Crippen LogP contribution in [0.3, 0.4) is 0 Å². The summed E-state index contributed by atoms with van der Waals surface area (Å²) >= 11 is 0. The third kappa shape index (κ3) is 3.59. The summed E-state index contributed by atoms with van der Waals surface area (Å²) in [4.78, 5) is 0. The van der Waals surface area contributed by atoms with Gasteiger partial charge < -0.3 is 9.47 Å². The van der Waals surface area contributed by atoms with Crippen LogP contribution < -0.4 is 0 Å². The standard InChI is InChI=1S/C5H9O2.W/c1-2-6-3-5-4-7-5;/h4-5H,2-3H2,1H3;/q-1;. The van der Waals surface area contributed by atoms with E-state index in [9.17, 15) is 0 Å². The molecule has 1 heterocycles. The van der Waals surface area contributed by atoms with Gasteiger partial charge in [-0.15, -0.1) is 0 Å². The Kier molecular flexibility index (Phi) is 4.82. The van der Waals surface area contributed by atoms with Crippen LogP contribution in [0, 0.1) is 6.61 Å². The molecular weight excluding hydrogens is 276 g/mol. The van der Waals surface area contributed by atoms with Crippen LogP contribution in [0.2, 0.25) is 0 Å². The van der Waals surface area contributed by atoms with Crippen molar-refractivity contribution in [2.75, 3.05) is 13.2 Å². The first-order chi connectivity index (χ1) is 3.43. The Balaban J connectivity index is 0.000000490. The van der Waals surface area contributed by atoms with Crippen molar-refractivity contribution in [2.24, 2.45) is 0 Å². The Morgan fingerprint density at radius 2 is 2.38 bits per heavy atom. The molecule has 0 bridgehead atoms. The summed E-state index contributed by atoms with van der Waals surface area (Å²) in [5.41, 5.74) is 0. The van der Waals surface area contributed by atoms with E-state index in [0.717, 1.165) is 13.2 Å². The van der Waals surface area contributed by atoms with E-state index in [0.29, 0.717) is 6.10 Å². The quantitative estimate of drug-likeness (QED) is 0.559. The second-order valence-electron chi connectivity index (χ2n) is 1.47. The van der Waals surface area contributed by atoms with Crippen molar-refractivity contribution in [3.8, 4) is 0 Å². The molecule has 1 rings (SSSR count). The van der Waals surface area contributed by atoms with E-state index in [4.69, 9.17) is 9.47 Å². The average Bonchev–Trinajstić information content (AvgIpc) is 2.42. The van der Waals surface area contributed by atoms with E-state index in [1.165, 1.54) is 0 Å². The van der Waals surface area contributed by atoms with Crippen LogP contribution in [0.15, 0.2) is 0 Å². The Morgan fingerprint density at radius 3 is 2.75 bits per heavy atom. The van der Waals surface area contributed by atoms with Crippen LogP contribution in [0.1, 0.15) is 6.92 Å². The Labute approximate surface area is 63.8 Å². The summed E-state index contributed by atoms with van der Waals surface area (Å²) in [6.45, 7) is 5.27. The molecule has 0 saturated carbocycles. The minimum absolute atomic E-state index is 0. The topological polar surface area (TPSA) is 21.8 Å². The molecule has 0 aromatic rings. The summed E-state index contributed by atoms with van der Waals surface area (Å²) in [5, 5.41) is 0.